The molecule has 3 aromatic rings. The maximum Gasteiger partial charge on any atom is 0.303 e. The van der Waals surface area contributed by atoms with Gasteiger partial charge in [-0.1, -0.05) is 0 Å². The lowest BCUT2D eigenvalue weighted by Crippen LogP contribution is -2.31. The molecular weight excluding hydrogens is 344 g/mol. The van der Waals surface area contributed by atoms with Crippen LogP contribution in [-0.2, 0) is 17.6 Å². The second-order valence-electron chi connectivity index (χ2n) is 6.44. The van der Waals surface area contributed by atoms with Gasteiger partial charge in [0.05, 0.1) is 17.7 Å². The summed E-state index contributed by atoms with van der Waals surface area (Å²) in [5.41, 5.74) is 5.83. The highest BCUT2D eigenvalue weighted by molar-refractivity contribution is 5.97. The number of fused-ring (bicyclic) bond motifs is 1. The number of aromatic amines is 1. The van der Waals surface area contributed by atoms with Crippen LogP contribution in [0.2, 0.25) is 0 Å². The topological polar surface area (TPSA) is 108 Å². The molecular formula is C20H18N4O3. The first kappa shape index (κ1) is 17.0. The van der Waals surface area contributed by atoms with Crippen LogP contribution in [0.5, 0.6) is 0 Å². The van der Waals surface area contributed by atoms with Crippen molar-refractivity contribution in [3.8, 4) is 22.5 Å². The summed E-state index contributed by atoms with van der Waals surface area (Å²) < 4.78 is 0. The number of aryl methyl sites for hydroxylation is 1. The van der Waals surface area contributed by atoms with Crippen molar-refractivity contribution < 1.29 is 14.7 Å². The highest BCUT2D eigenvalue weighted by atomic mass is 16.4. The third-order valence-electron chi connectivity index (χ3n) is 4.59. The predicted octanol–water partition coefficient (Wildman–Crippen LogP) is 2.44. The van der Waals surface area contributed by atoms with Crippen molar-refractivity contribution >= 4 is 11.9 Å². The number of rotatable bonds is 5. The summed E-state index contributed by atoms with van der Waals surface area (Å²) in [6.45, 7) is 0.646. The Kier molecular flexibility index (Phi) is 4.42. The van der Waals surface area contributed by atoms with Gasteiger partial charge in [0.1, 0.15) is 0 Å². The lowest BCUT2D eigenvalue weighted by Gasteiger charge is -2.10. The number of aliphatic carboxylic acids is 1. The van der Waals surface area contributed by atoms with E-state index in [0.717, 1.165) is 40.3 Å². The molecule has 4 heterocycles. The number of amides is 1. The van der Waals surface area contributed by atoms with E-state index in [4.69, 9.17) is 5.11 Å². The van der Waals surface area contributed by atoms with Gasteiger partial charge in [-0.15, -0.1) is 0 Å². The number of nitrogens with zero attached hydrogens (tertiary/aromatic N) is 2. The second kappa shape index (κ2) is 7.03. The monoisotopic (exact) mass is 362 g/mol. The molecule has 1 aliphatic rings. The number of hydrogen-bond acceptors (Lipinski definition) is 4. The zero-order valence-corrected chi connectivity index (χ0v) is 14.5. The molecule has 0 saturated heterocycles. The molecule has 0 aromatic carbocycles. The number of carboxylic acid groups (broad SMARTS) is 1. The fraction of sp³-hybridized carbons (Fsp3) is 0.200. The third-order valence-corrected chi connectivity index (χ3v) is 4.59. The normalized spacial score (nSPS) is 13.1. The summed E-state index contributed by atoms with van der Waals surface area (Å²) >= 11 is 0. The molecule has 0 bridgehead atoms. The fourth-order valence-corrected chi connectivity index (χ4v) is 3.16. The fourth-order valence-electron chi connectivity index (χ4n) is 3.16. The standard InChI is InChI=1S/C20H18N4O3/c25-19(26)4-3-14-2-1-13(11-23-14)17-9-12(5-7-21-17)18-10-15-16(24-18)6-8-22-20(15)27/h1-2,5,7,9-11,24H,3-4,6,8H2,(H,22,27)(H,25,26). The summed E-state index contributed by atoms with van der Waals surface area (Å²) in [5, 5.41) is 11.6. The van der Waals surface area contributed by atoms with E-state index in [0.29, 0.717) is 18.5 Å². The Hall–Kier alpha value is -3.48. The maximum atomic E-state index is 12.0. The molecule has 7 heteroatoms. The van der Waals surface area contributed by atoms with Crippen LogP contribution in [0.4, 0.5) is 0 Å². The quantitative estimate of drug-likeness (QED) is 0.646. The Balaban J connectivity index is 1.59. The molecule has 0 unspecified atom stereocenters. The molecule has 0 saturated carbocycles. The zero-order chi connectivity index (χ0) is 18.8. The van der Waals surface area contributed by atoms with Gasteiger partial charge in [0, 0.05) is 60.0 Å². The number of pyridine rings is 2. The number of hydrogen-bond donors (Lipinski definition) is 3. The molecule has 136 valence electrons. The van der Waals surface area contributed by atoms with Gasteiger partial charge >= 0.3 is 5.97 Å². The van der Waals surface area contributed by atoms with Crippen LogP contribution >= 0.6 is 0 Å². The summed E-state index contributed by atoms with van der Waals surface area (Å²) in [6.07, 6.45) is 4.68. The number of nitrogens with one attached hydrogen (secondary N) is 2. The van der Waals surface area contributed by atoms with Gasteiger partial charge in [-0.2, -0.15) is 0 Å². The first-order chi connectivity index (χ1) is 13.1. The average molecular weight is 362 g/mol. The minimum absolute atomic E-state index is 0.0471. The Labute approximate surface area is 155 Å². The second-order valence-corrected chi connectivity index (χ2v) is 6.44. The van der Waals surface area contributed by atoms with E-state index in [1.165, 1.54) is 0 Å². The van der Waals surface area contributed by atoms with Gasteiger partial charge in [0.2, 0.25) is 0 Å². The third kappa shape index (κ3) is 3.57. The van der Waals surface area contributed by atoms with Crippen molar-refractivity contribution in [2.24, 2.45) is 0 Å². The highest BCUT2D eigenvalue weighted by Crippen LogP contribution is 2.27. The van der Waals surface area contributed by atoms with Crippen molar-refractivity contribution in [1.82, 2.24) is 20.3 Å². The van der Waals surface area contributed by atoms with E-state index in [9.17, 15) is 9.59 Å². The van der Waals surface area contributed by atoms with Crippen LogP contribution < -0.4 is 5.32 Å². The summed E-state index contributed by atoms with van der Waals surface area (Å²) in [6, 6.07) is 9.43. The minimum atomic E-state index is -0.836. The highest BCUT2D eigenvalue weighted by Gasteiger charge is 2.20. The minimum Gasteiger partial charge on any atom is -0.481 e. The SMILES string of the molecule is O=C(O)CCc1ccc(-c2cc(-c3cc4c([nH]3)CCNC4=O)ccn2)cn1. The Morgan fingerprint density at radius 1 is 1.15 bits per heavy atom. The molecule has 3 N–H and O–H groups in total. The van der Waals surface area contributed by atoms with E-state index in [-0.39, 0.29) is 12.3 Å². The molecule has 27 heavy (non-hydrogen) atoms. The number of aromatic nitrogens is 3. The number of H-pyrrole nitrogens is 1. The zero-order valence-electron chi connectivity index (χ0n) is 14.5. The average Bonchev–Trinajstić information content (AvgIpc) is 3.13. The van der Waals surface area contributed by atoms with Crippen LogP contribution in [0.15, 0.2) is 42.7 Å². The first-order valence-corrected chi connectivity index (χ1v) is 8.74. The molecule has 0 aliphatic carbocycles. The molecule has 0 spiro atoms. The lowest BCUT2D eigenvalue weighted by atomic mass is 10.1. The molecule has 7 nitrogen and oxygen atoms in total. The lowest BCUT2D eigenvalue weighted by molar-refractivity contribution is -0.136. The summed E-state index contributed by atoms with van der Waals surface area (Å²) in [5.74, 6) is -0.883. The van der Waals surface area contributed by atoms with Gasteiger partial charge in [0.25, 0.3) is 5.91 Å². The summed E-state index contributed by atoms with van der Waals surface area (Å²) in [7, 11) is 0. The van der Waals surface area contributed by atoms with Crippen molar-refractivity contribution in [2.45, 2.75) is 19.3 Å². The van der Waals surface area contributed by atoms with E-state index in [1.54, 1.807) is 12.4 Å². The number of carbonyl (C=O) groups is 2. The van der Waals surface area contributed by atoms with Gasteiger partial charge in [-0.3, -0.25) is 19.6 Å². The number of carbonyl (C=O) groups excluding carboxylic acids is 1. The van der Waals surface area contributed by atoms with Gasteiger partial charge in [-0.25, -0.2) is 0 Å². The van der Waals surface area contributed by atoms with Crippen molar-refractivity contribution in [1.29, 1.82) is 0 Å². The summed E-state index contributed by atoms with van der Waals surface area (Å²) in [4.78, 5) is 34.7. The molecule has 1 amide bonds. The smallest absolute Gasteiger partial charge is 0.303 e. The first-order valence-electron chi connectivity index (χ1n) is 8.74. The van der Waals surface area contributed by atoms with Gasteiger partial charge < -0.3 is 15.4 Å². The predicted molar refractivity (Wildman–Crippen MR) is 99.2 cm³/mol. The van der Waals surface area contributed by atoms with Crippen LogP contribution in [-0.4, -0.2) is 38.5 Å². The van der Waals surface area contributed by atoms with Crippen LogP contribution in [0.3, 0.4) is 0 Å². The molecule has 0 radical (unpaired) electrons. The largest absolute Gasteiger partial charge is 0.481 e. The van der Waals surface area contributed by atoms with Crippen LogP contribution in [0.25, 0.3) is 22.5 Å². The van der Waals surface area contributed by atoms with Gasteiger partial charge in [0.15, 0.2) is 0 Å². The van der Waals surface area contributed by atoms with Crippen LogP contribution in [0.1, 0.15) is 28.2 Å². The molecule has 0 fully saturated rings. The van der Waals surface area contributed by atoms with Crippen molar-refractivity contribution in [3.05, 3.63) is 59.7 Å². The Bertz CT molecular complexity index is 1010. The van der Waals surface area contributed by atoms with E-state index in [1.807, 2.05) is 30.3 Å². The number of carboxylic acids is 1. The van der Waals surface area contributed by atoms with Crippen LogP contribution in [0, 0.1) is 0 Å². The maximum absolute atomic E-state index is 12.0. The van der Waals surface area contributed by atoms with Crippen molar-refractivity contribution in [2.75, 3.05) is 6.54 Å². The molecule has 1 aliphatic heterocycles. The van der Waals surface area contributed by atoms with Crippen molar-refractivity contribution in [3.63, 3.8) is 0 Å². The van der Waals surface area contributed by atoms with E-state index < -0.39 is 5.97 Å². The molecule has 0 atom stereocenters. The Morgan fingerprint density at radius 3 is 2.78 bits per heavy atom. The van der Waals surface area contributed by atoms with E-state index in [2.05, 4.69) is 20.3 Å². The van der Waals surface area contributed by atoms with E-state index >= 15 is 0 Å². The molecule has 3 aromatic heterocycles. The van der Waals surface area contributed by atoms with Gasteiger partial charge in [-0.05, 0) is 30.3 Å². The Morgan fingerprint density at radius 2 is 2.04 bits per heavy atom. The molecule has 4 rings (SSSR count).